The molecule has 3 N–H and O–H groups in total. The number of hydrogen-bond donors (Lipinski definition) is 3. The number of aromatic nitrogens is 2. The van der Waals surface area contributed by atoms with Crippen molar-refractivity contribution in [3.8, 4) is 0 Å². The minimum atomic E-state index is -3.92. The molecule has 9 nitrogen and oxygen atoms in total. The molecule has 136 valence electrons. The van der Waals surface area contributed by atoms with Gasteiger partial charge in [-0.15, -0.1) is 0 Å². The Balaban J connectivity index is 1.75. The maximum Gasteiger partial charge on any atom is 0.272 e. The number of non-ortho nitro benzene ring substituents is 1. The van der Waals surface area contributed by atoms with Crippen LogP contribution in [0.3, 0.4) is 0 Å². The fourth-order valence-electron chi connectivity index (χ4n) is 2.87. The molecule has 0 saturated heterocycles. The Morgan fingerprint density at radius 1 is 1.00 bits per heavy atom. The highest BCUT2D eigenvalue weighted by Gasteiger charge is 2.17. The standard InChI is InChI=1S/C17H12N4O5S/c22-17-16-13(7-8-18-16)14-9-10(1-6-15(14)19-17)20-27(25,26)12-4-2-11(3-5-12)21(23)24/h1-9,18,20H,(H,19,22). The molecular weight excluding hydrogens is 372 g/mol. The number of rotatable bonds is 4. The fourth-order valence-corrected chi connectivity index (χ4v) is 3.92. The van der Waals surface area contributed by atoms with Gasteiger partial charge in [0.25, 0.3) is 21.3 Å². The van der Waals surface area contributed by atoms with E-state index in [2.05, 4.69) is 14.7 Å². The average Bonchev–Trinajstić information content (AvgIpc) is 3.13. The molecule has 4 rings (SSSR count). The molecule has 10 heteroatoms. The van der Waals surface area contributed by atoms with Crippen molar-refractivity contribution in [3.05, 3.63) is 75.2 Å². The molecule has 0 spiro atoms. The lowest BCUT2D eigenvalue weighted by Crippen LogP contribution is -2.13. The second kappa shape index (κ2) is 5.95. The third-order valence-corrected chi connectivity index (χ3v) is 5.54. The maximum absolute atomic E-state index is 12.5. The molecule has 0 amide bonds. The molecule has 0 aliphatic rings. The highest BCUT2D eigenvalue weighted by atomic mass is 32.2. The van der Waals surface area contributed by atoms with Crippen molar-refractivity contribution in [2.75, 3.05) is 4.72 Å². The molecule has 27 heavy (non-hydrogen) atoms. The van der Waals surface area contributed by atoms with Crippen LogP contribution in [0.25, 0.3) is 21.8 Å². The highest BCUT2D eigenvalue weighted by Crippen LogP contribution is 2.25. The zero-order valence-corrected chi connectivity index (χ0v) is 14.4. The van der Waals surface area contributed by atoms with Crippen molar-refractivity contribution in [1.82, 2.24) is 9.97 Å². The van der Waals surface area contributed by atoms with Gasteiger partial charge >= 0.3 is 0 Å². The van der Waals surface area contributed by atoms with Crippen LogP contribution in [-0.4, -0.2) is 23.3 Å². The summed E-state index contributed by atoms with van der Waals surface area (Å²) in [5, 5.41) is 12.0. The second-order valence-electron chi connectivity index (χ2n) is 5.84. The van der Waals surface area contributed by atoms with Gasteiger partial charge in [0.15, 0.2) is 0 Å². The van der Waals surface area contributed by atoms with E-state index in [-0.39, 0.29) is 16.1 Å². The normalized spacial score (nSPS) is 11.7. The molecule has 0 atom stereocenters. The molecule has 0 bridgehead atoms. The van der Waals surface area contributed by atoms with Gasteiger partial charge < -0.3 is 9.97 Å². The Morgan fingerprint density at radius 3 is 2.44 bits per heavy atom. The molecule has 0 saturated carbocycles. The number of benzene rings is 2. The van der Waals surface area contributed by atoms with Crippen molar-refractivity contribution in [3.63, 3.8) is 0 Å². The summed E-state index contributed by atoms with van der Waals surface area (Å²) in [4.78, 5) is 27.6. The molecule has 2 aromatic heterocycles. The number of hydrogen-bond acceptors (Lipinski definition) is 5. The van der Waals surface area contributed by atoms with Gasteiger partial charge in [-0.05, 0) is 36.4 Å². The van der Waals surface area contributed by atoms with Gasteiger partial charge in [0.1, 0.15) is 5.52 Å². The van der Waals surface area contributed by atoms with Crippen molar-refractivity contribution >= 4 is 43.2 Å². The zero-order chi connectivity index (χ0) is 19.2. The molecule has 4 aromatic rings. The number of anilines is 1. The van der Waals surface area contributed by atoms with E-state index in [1.54, 1.807) is 24.4 Å². The van der Waals surface area contributed by atoms with Crippen molar-refractivity contribution in [2.24, 2.45) is 0 Å². The lowest BCUT2D eigenvalue weighted by atomic mass is 10.1. The first kappa shape index (κ1) is 16.8. The summed E-state index contributed by atoms with van der Waals surface area (Å²) in [5.41, 5.74) is 0.818. The van der Waals surface area contributed by atoms with Crippen LogP contribution in [0.5, 0.6) is 0 Å². The van der Waals surface area contributed by atoms with Crippen molar-refractivity contribution in [2.45, 2.75) is 4.90 Å². The van der Waals surface area contributed by atoms with Crippen LogP contribution in [0.15, 0.2) is 64.4 Å². The number of fused-ring (bicyclic) bond motifs is 3. The van der Waals surface area contributed by atoms with Crippen LogP contribution in [0.1, 0.15) is 0 Å². The molecule has 0 unspecified atom stereocenters. The van der Waals surface area contributed by atoms with Gasteiger partial charge in [-0.2, -0.15) is 0 Å². The van der Waals surface area contributed by atoms with Gasteiger partial charge in [0.05, 0.1) is 9.82 Å². The maximum atomic E-state index is 12.5. The third kappa shape index (κ3) is 2.91. The predicted molar refractivity (Wildman–Crippen MR) is 100 cm³/mol. The van der Waals surface area contributed by atoms with Gasteiger partial charge in [0.2, 0.25) is 0 Å². The first-order chi connectivity index (χ1) is 12.8. The Kier molecular flexibility index (Phi) is 3.70. The number of nitro groups is 1. The Bertz CT molecular complexity index is 1350. The van der Waals surface area contributed by atoms with Crippen LogP contribution in [0, 0.1) is 10.1 Å². The van der Waals surface area contributed by atoms with E-state index < -0.39 is 14.9 Å². The molecule has 2 aromatic carbocycles. The van der Waals surface area contributed by atoms with Crippen LogP contribution >= 0.6 is 0 Å². The number of nitrogens with zero attached hydrogens (tertiary/aromatic N) is 1. The molecular formula is C17H12N4O5S. The molecule has 0 fully saturated rings. The summed E-state index contributed by atoms with van der Waals surface area (Å²) in [6.07, 6.45) is 1.63. The Hall–Kier alpha value is -3.66. The number of sulfonamides is 1. The minimum absolute atomic E-state index is 0.0959. The molecule has 2 heterocycles. The van der Waals surface area contributed by atoms with Gasteiger partial charge in [-0.1, -0.05) is 0 Å². The van der Waals surface area contributed by atoms with Crippen LogP contribution in [-0.2, 0) is 10.0 Å². The number of H-pyrrole nitrogens is 2. The molecule has 0 aliphatic heterocycles. The minimum Gasteiger partial charge on any atom is -0.357 e. The SMILES string of the molecule is O=c1[nH]c2ccc(NS(=O)(=O)c3ccc([N+](=O)[O-])cc3)cc2c2cc[nH]c12. The molecule has 0 radical (unpaired) electrons. The Morgan fingerprint density at radius 2 is 1.74 bits per heavy atom. The molecule has 0 aliphatic carbocycles. The first-order valence-corrected chi connectivity index (χ1v) is 9.24. The van der Waals surface area contributed by atoms with E-state index in [1.165, 1.54) is 18.2 Å². The topological polar surface area (TPSA) is 138 Å². The van der Waals surface area contributed by atoms with E-state index in [9.17, 15) is 23.3 Å². The van der Waals surface area contributed by atoms with E-state index in [0.29, 0.717) is 27.5 Å². The summed E-state index contributed by atoms with van der Waals surface area (Å²) >= 11 is 0. The zero-order valence-electron chi connectivity index (χ0n) is 13.6. The van der Waals surface area contributed by atoms with Crippen LogP contribution in [0.2, 0.25) is 0 Å². The van der Waals surface area contributed by atoms with E-state index >= 15 is 0 Å². The van der Waals surface area contributed by atoms with Crippen LogP contribution in [0.4, 0.5) is 11.4 Å². The van der Waals surface area contributed by atoms with E-state index in [0.717, 1.165) is 12.1 Å². The summed E-state index contributed by atoms with van der Waals surface area (Å²) < 4.78 is 27.5. The number of nitrogens with one attached hydrogen (secondary N) is 3. The predicted octanol–water partition coefficient (Wildman–Crippen LogP) is 2.72. The summed E-state index contributed by atoms with van der Waals surface area (Å²) in [6, 6.07) is 11.1. The fraction of sp³-hybridized carbons (Fsp3) is 0. The van der Waals surface area contributed by atoms with E-state index in [1.807, 2.05) is 0 Å². The smallest absolute Gasteiger partial charge is 0.272 e. The lowest BCUT2D eigenvalue weighted by molar-refractivity contribution is -0.384. The second-order valence-corrected chi connectivity index (χ2v) is 7.52. The summed E-state index contributed by atoms with van der Waals surface area (Å²) in [6.45, 7) is 0. The lowest BCUT2D eigenvalue weighted by Gasteiger charge is -2.09. The first-order valence-electron chi connectivity index (χ1n) is 7.75. The van der Waals surface area contributed by atoms with Gasteiger partial charge in [0, 0.05) is 40.3 Å². The average molecular weight is 384 g/mol. The van der Waals surface area contributed by atoms with Crippen LogP contribution < -0.4 is 10.3 Å². The largest absolute Gasteiger partial charge is 0.357 e. The van der Waals surface area contributed by atoms with Gasteiger partial charge in [-0.3, -0.25) is 19.6 Å². The highest BCUT2D eigenvalue weighted by molar-refractivity contribution is 7.92. The monoisotopic (exact) mass is 384 g/mol. The quantitative estimate of drug-likeness (QED) is 0.367. The Labute approximate surface area is 151 Å². The number of nitro benzene ring substituents is 1. The summed E-state index contributed by atoms with van der Waals surface area (Å²) in [5.74, 6) is 0. The van der Waals surface area contributed by atoms with Crippen molar-refractivity contribution in [1.29, 1.82) is 0 Å². The summed E-state index contributed by atoms with van der Waals surface area (Å²) in [7, 11) is -3.92. The third-order valence-electron chi connectivity index (χ3n) is 4.14. The van der Waals surface area contributed by atoms with Gasteiger partial charge in [-0.25, -0.2) is 8.42 Å². The number of aromatic amines is 2. The number of pyridine rings is 1. The van der Waals surface area contributed by atoms with E-state index in [4.69, 9.17) is 0 Å². The van der Waals surface area contributed by atoms with Crippen molar-refractivity contribution < 1.29 is 13.3 Å².